The second kappa shape index (κ2) is 6.22. The molecular weight excluding hydrogens is 371 g/mol. The van der Waals surface area contributed by atoms with Gasteiger partial charge in [-0.05, 0) is 35.9 Å². The van der Waals surface area contributed by atoms with E-state index in [1.165, 1.54) is 5.56 Å². The number of benzene rings is 2. The highest BCUT2D eigenvalue weighted by atomic mass is 79.9. The van der Waals surface area contributed by atoms with E-state index in [0.717, 1.165) is 22.4 Å². The van der Waals surface area contributed by atoms with Crippen LogP contribution < -0.4 is 0 Å². The first-order valence-electron chi connectivity index (χ1n) is 6.34. The van der Waals surface area contributed by atoms with Crippen LogP contribution in [-0.2, 0) is 6.54 Å². The molecule has 21 heavy (non-hydrogen) atoms. The number of nitrogens with zero attached hydrogens (tertiary/aromatic N) is 2. The largest absolute Gasteiger partial charge is 0.327 e. The van der Waals surface area contributed by atoms with Crippen molar-refractivity contribution in [2.24, 2.45) is 0 Å². The fraction of sp³-hybridized carbons (Fsp3) is 0.0625. The van der Waals surface area contributed by atoms with E-state index in [1.807, 2.05) is 24.4 Å². The molecule has 0 saturated carbocycles. The molecule has 3 rings (SSSR count). The van der Waals surface area contributed by atoms with Crippen molar-refractivity contribution in [3.8, 4) is 11.4 Å². The van der Waals surface area contributed by atoms with Crippen molar-refractivity contribution in [3.63, 3.8) is 0 Å². The Morgan fingerprint density at radius 2 is 1.95 bits per heavy atom. The predicted molar refractivity (Wildman–Crippen MR) is 90.9 cm³/mol. The molecule has 2 aromatic carbocycles. The van der Waals surface area contributed by atoms with Crippen molar-refractivity contribution in [3.05, 3.63) is 74.9 Å². The molecule has 0 N–H and O–H groups in total. The van der Waals surface area contributed by atoms with Gasteiger partial charge in [-0.2, -0.15) is 0 Å². The third-order valence-electron chi connectivity index (χ3n) is 3.13. The molecule has 0 amide bonds. The smallest absolute Gasteiger partial charge is 0.141 e. The summed E-state index contributed by atoms with van der Waals surface area (Å²) in [5, 5.41) is 1.28. The highest BCUT2D eigenvalue weighted by molar-refractivity contribution is 9.10. The molecule has 0 radical (unpaired) electrons. The molecule has 106 valence electrons. The summed E-state index contributed by atoms with van der Waals surface area (Å²) in [7, 11) is 0. The molecule has 0 atom stereocenters. The molecule has 0 fully saturated rings. The first-order valence-corrected chi connectivity index (χ1v) is 7.89. The molecule has 0 aliphatic heterocycles. The van der Waals surface area contributed by atoms with Crippen LogP contribution in [-0.4, -0.2) is 9.55 Å². The zero-order valence-corrected chi connectivity index (χ0v) is 14.0. The Hall–Kier alpha value is -1.29. The minimum atomic E-state index is 0.640. The Morgan fingerprint density at radius 1 is 1.10 bits per heavy atom. The Morgan fingerprint density at radius 3 is 2.76 bits per heavy atom. The van der Waals surface area contributed by atoms with E-state index in [4.69, 9.17) is 23.2 Å². The van der Waals surface area contributed by atoms with E-state index in [-0.39, 0.29) is 0 Å². The summed E-state index contributed by atoms with van der Waals surface area (Å²) in [6, 6.07) is 13.6. The maximum Gasteiger partial charge on any atom is 0.141 e. The third kappa shape index (κ3) is 3.31. The lowest BCUT2D eigenvalue weighted by atomic mass is 10.2. The van der Waals surface area contributed by atoms with Gasteiger partial charge in [-0.3, -0.25) is 0 Å². The number of hydrogen-bond donors (Lipinski definition) is 0. The maximum atomic E-state index is 6.27. The van der Waals surface area contributed by atoms with Crippen LogP contribution in [0.4, 0.5) is 0 Å². The standard InChI is InChI=1S/C16H11BrCl2N2/c17-12-3-1-2-11(8-12)10-21-7-6-20-16(21)14-9-13(18)4-5-15(14)19/h1-9H,10H2. The summed E-state index contributed by atoms with van der Waals surface area (Å²) in [6.07, 6.45) is 3.71. The minimum absolute atomic E-state index is 0.640. The Labute approximate surface area is 141 Å². The number of rotatable bonds is 3. The van der Waals surface area contributed by atoms with Gasteiger partial charge in [-0.25, -0.2) is 4.98 Å². The van der Waals surface area contributed by atoms with Crippen LogP contribution in [0.5, 0.6) is 0 Å². The molecule has 0 bridgehead atoms. The van der Waals surface area contributed by atoms with Gasteiger partial charge in [0, 0.05) is 34.0 Å². The fourth-order valence-corrected chi connectivity index (χ4v) is 3.00. The van der Waals surface area contributed by atoms with Gasteiger partial charge >= 0.3 is 0 Å². The van der Waals surface area contributed by atoms with Crippen molar-refractivity contribution in [1.82, 2.24) is 9.55 Å². The number of aromatic nitrogens is 2. The SMILES string of the molecule is Clc1ccc(Cl)c(-c2nccn2Cc2cccc(Br)c2)c1. The average molecular weight is 382 g/mol. The summed E-state index contributed by atoms with van der Waals surface area (Å²) in [4.78, 5) is 4.42. The third-order valence-corrected chi connectivity index (χ3v) is 4.18. The van der Waals surface area contributed by atoms with Gasteiger partial charge in [0.25, 0.3) is 0 Å². The molecule has 2 nitrogen and oxygen atoms in total. The molecule has 0 spiro atoms. The Balaban J connectivity index is 1.99. The molecule has 1 heterocycles. The van der Waals surface area contributed by atoms with Gasteiger partial charge in [0.1, 0.15) is 5.82 Å². The molecule has 3 aromatic rings. The van der Waals surface area contributed by atoms with Crippen LogP contribution in [0, 0.1) is 0 Å². The zero-order chi connectivity index (χ0) is 14.8. The van der Waals surface area contributed by atoms with Crippen molar-refractivity contribution < 1.29 is 0 Å². The zero-order valence-electron chi connectivity index (χ0n) is 10.9. The van der Waals surface area contributed by atoms with Crippen LogP contribution in [0.25, 0.3) is 11.4 Å². The molecule has 0 unspecified atom stereocenters. The number of halogens is 3. The van der Waals surface area contributed by atoms with Crippen molar-refractivity contribution >= 4 is 39.1 Å². The molecule has 0 aliphatic rings. The molecule has 0 saturated heterocycles. The first-order chi connectivity index (χ1) is 10.1. The molecule has 1 aromatic heterocycles. The van der Waals surface area contributed by atoms with Gasteiger partial charge in [0.05, 0.1) is 5.02 Å². The quantitative estimate of drug-likeness (QED) is 0.571. The van der Waals surface area contributed by atoms with Crippen molar-refractivity contribution in [2.75, 3.05) is 0 Å². The lowest BCUT2D eigenvalue weighted by molar-refractivity contribution is 0.806. The van der Waals surface area contributed by atoms with Gasteiger partial charge in [0.2, 0.25) is 0 Å². The summed E-state index contributed by atoms with van der Waals surface area (Å²) in [5.74, 6) is 0.808. The minimum Gasteiger partial charge on any atom is -0.327 e. The maximum absolute atomic E-state index is 6.27. The highest BCUT2D eigenvalue weighted by Gasteiger charge is 2.11. The number of hydrogen-bond acceptors (Lipinski definition) is 1. The lowest BCUT2D eigenvalue weighted by Crippen LogP contribution is -2.01. The summed E-state index contributed by atoms with van der Waals surface area (Å²) < 4.78 is 3.11. The van der Waals surface area contributed by atoms with Crippen molar-refractivity contribution in [1.29, 1.82) is 0 Å². The van der Waals surface area contributed by atoms with E-state index >= 15 is 0 Å². The Kier molecular flexibility index (Phi) is 4.34. The monoisotopic (exact) mass is 380 g/mol. The summed E-state index contributed by atoms with van der Waals surface area (Å²) in [5.41, 5.74) is 2.02. The van der Waals surface area contributed by atoms with E-state index in [0.29, 0.717) is 10.0 Å². The lowest BCUT2D eigenvalue weighted by Gasteiger charge is -2.10. The topological polar surface area (TPSA) is 17.8 Å². The normalized spacial score (nSPS) is 10.8. The van der Waals surface area contributed by atoms with Gasteiger partial charge in [-0.1, -0.05) is 51.3 Å². The van der Waals surface area contributed by atoms with E-state index in [1.54, 1.807) is 18.3 Å². The van der Waals surface area contributed by atoms with Crippen LogP contribution in [0.15, 0.2) is 59.3 Å². The van der Waals surface area contributed by atoms with E-state index in [2.05, 4.69) is 37.6 Å². The molecular formula is C16H11BrCl2N2. The second-order valence-corrected chi connectivity index (χ2v) is 6.39. The highest BCUT2D eigenvalue weighted by Crippen LogP contribution is 2.30. The van der Waals surface area contributed by atoms with Crippen LogP contribution >= 0.6 is 39.1 Å². The Bertz CT molecular complexity index is 783. The summed E-state index contributed by atoms with van der Waals surface area (Å²) >= 11 is 15.8. The van der Waals surface area contributed by atoms with Gasteiger partial charge in [0.15, 0.2) is 0 Å². The number of imidazole rings is 1. The first kappa shape index (κ1) is 14.6. The van der Waals surface area contributed by atoms with Gasteiger partial charge in [-0.15, -0.1) is 0 Å². The molecule has 0 aliphatic carbocycles. The van der Waals surface area contributed by atoms with Crippen LogP contribution in [0.2, 0.25) is 10.0 Å². The van der Waals surface area contributed by atoms with E-state index in [9.17, 15) is 0 Å². The summed E-state index contributed by atoms with van der Waals surface area (Å²) in [6.45, 7) is 0.720. The van der Waals surface area contributed by atoms with Crippen LogP contribution in [0.3, 0.4) is 0 Å². The average Bonchev–Trinajstić information content (AvgIpc) is 2.89. The van der Waals surface area contributed by atoms with E-state index < -0.39 is 0 Å². The predicted octanol–water partition coefficient (Wildman–Crippen LogP) is 5.67. The van der Waals surface area contributed by atoms with Crippen molar-refractivity contribution in [2.45, 2.75) is 6.54 Å². The van der Waals surface area contributed by atoms with Gasteiger partial charge < -0.3 is 4.57 Å². The second-order valence-electron chi connectivity index (χ2n) is 4.63. The van der Waals surface area contributed by atoms with Crippen LogP contribution in [0.1, 0.15) is 5.56 Å². The fourth-order valence-electron chi connectivity index (χ4n) is 2.18. The molecule has 5 heteroatoms.